The van der Waals surface area contributed by atoms with Gasteiger partial charge in [0.05, 0.1) is 5.75 Å². The minimum Gasteiger partial charge on any atom is -0.381 e. The molecule has 0 spiro atoms. The number of hydrogen-bond donors (Lipinski definition) is 1. The number of carbonyl (C=O) groups excluding carboxylic acids is 1. The molecule has 0 radical (unpaired) electrons. The van der Waals surface area contributed by atoms with Gasteiger partial charge < -0.3 is 9.72 Å². The molecule has 0 saturated carbocycles. The summed E-state index contributed by atoms with van der Waals surface area (Å²) in [5, 5.41) is 1.60. The predicted molar refractivity (Wildman–Crippen MR) is 78.9 cm³/mol. The van der Waals surface area contributed by atoms with E-state index in [0.29, 0.717) is 11.0 Å². The van der Waals surface area contributed by atoms with E-state index in [0.717, 1.165) is 42.5 Å². The summed E-state index contributed by atoms with van der Waals surface area (Å²) < 4.78 is 5.33. The van der Waals surface area contributed by atoms with Gasteiger partial charge in [-0.3, -0.25) is 4.79 Å². The van der Waals surface area contributed by atoms with Crippen LogP contribution in [0.15, 0.2) is 30.5 Å². The number of ether oxygens (including phenoxy) is 1. The molecule has 0 amide bonds. The molecule has 0 atom stereocenters. The Morgan fingerprint density at radius 2 is 2.11 bits per heavy atom. The zero-order valence-electron chi connectivity index (χ0n) is 10.7. The number of aromatic amines is 1. The Labute approximate surface area is 116 Å². The average molecular weight is 275 g/mol. The molecule has 4 heteroatoms. The number of H-pyrrole nitrogens is 1. The molecule has 2 aromatic rings. The maximum absolute atomic E-state index is 12.3. The zero-order valence-corrected chi connectivity index (χ0v) is 11.5. The summed E-state index contributed by atoms with van der Waals surface area (Å²) in [5.74, 6) is 0.779. The zero-order chi connectivity index (χ0) is 13.1. The largest absolute Gasteiger partial charge is 0.381 e. The second-order valence-electron chi connectivity index (χ2n) is 4.79. The Morgan fingerprint density at radius 3 is 2.95 bits per heavy atom. The van der Waals surface area contributed by atoms with Crippen molar-refractivity contribution in [1.29, 1.82) is 0 Å². The van der Waals surface area contributed by atoms with Gasteiger partial charge in [-0.15, -0.1) is 0 Å². The lowest BCUT2D eigenvalue weighted by Crippen LogP contribution is -2.19. The van der Waals surface area contributed by atoms with Gasteiger partial charge in [0.25, 0.3) is 0 Å². The first-order valence-electron chi connectivity index (χ1n) is 6.63. The first-order chi connectivity index (χ1) is 9.34. The molecule has 3 rings (SSSR count). The number of carbonyl (C=O) groups is 1. The predicted octanol–water partition coefficient (Wildman–Crippen LogP) is 3.26. The first kappa shape index (κ1) is 12.8. The number of para-hydroxylation sites is 1. The van der Waals surface area contributed by atoms with E-state index in [1.165, 1.54) is 0 Å². The quantitative estimate of drug-likeness (QED) is 0.871. The highest BCUT2D eigenvalue weighted by atomic mass is 32.2. The van der Waals surface area contributed by atoms with Crippen LogP contribution in [-0.4, -0.2) is 35.0 Å². The fraction of sp³-hybridized carbons (Fsp3) is 0.400. The number of hydrogen-bond acceptors (Lipinski definition) is 3. The molecule has 2 heterocycles. The van der Waals surface area contributed by atoms with E-state index in [1.807, 2.05) is 30.5 Å². The highest BCUT2D eigenvalue weighted by molar-refractivity contribution is 8.00. The van der Waals surface area contributed by atoms with Crippen LogP contribution in [0.2, 0.25) is 0 Å². The standard InChI is InChI=1S/C15H17NO2S/c17-15(10-19-11-5-7-18-8-6-11)13-9-16-14-4-2-1-3-12(13)14/h1-4,9,11,16H,5-8,10H2. The maximum atomic E-state index is 12.3. The molecule has 1 saturated heterocycles. The Balaban J connectivity index is 1.66. The SMILES string of the molecule is O=C(CSC1CCOCC1)c1c[nH]c2ccccc12. The molecular weight excluding hydrogens is 258 g/mol. The number of thioether (sulfide) groups is 1. The summed E-state index contributed by atoms with van der Waals surface area (Å²) in [4.78, 5) is 15.4. The molecule has 1 aromatic heterocycles. The second-order valence-corrected chi connectivity index (χ2v) is 6.08. The lowest BCUT2D eigenvalue weighted by atomic mass is 10.1. The van der Waals surface area contributed by atoms with Crippen LogP contribution in [0.4, 0.5) is 0 Å². The Kier molecular flexibility index (Phi) is 3.89. The number of ketones is 1. The van der Waals surface area contributed by atoms with Crippen molar-refractivity contribution in [2.24, 2.45) is 0 Å². The number of aromatic nitrogens is 1. The fourth-order valence-corrected chi connectivity index (χ4v) is 3.48. The van der Waals surface area contributed by atoms with Crippen LogP contribution in [0.1, 0.15) is 23.2 Å². The number of rotatable bonds is 4. The maximum Gasteiger partial charge on any atom is 0.174 e. The molecule has 1 N–H and O–H groups in total. The monoisotopic (exact) mass is 275 g/mol. The molecular formula is C15H17NO2S. The van der Waals surface area contributed by atoms with Crippen LogP contribution in [0, 0.1) is 0 Å². The Bertz CT molecular complexity index is 572. The minimum atomic E-state index is 0.217. The van der Waals surface area contributed by atoms with E-state index in [4.69, 9.17) is 4.74 Å². The topological polar surface area (TPSA) is 42.1 Å². The second kappa shape index (κ2) is 5.80. The number of Topliss-reactive ketones (excluding diaryl/α,β-unsaturated/α-hetero) is 1. The van der Waals surface area contributed by atoms with E-state index < -0.39 is 0 Å². The van der Waals surface area contributed by atoms with E-state index >= 15 is 0 Å². The van der Waals surface area contributed by atoms with Crippen molar-refractivity contribution in [3.63, 3.8) is 0 Å². The lowest BCUT2D eigenvalue weighted by molar-refractivity contribution is 0.0988. The summed E-state index contributed by atoms with van der Waals surface area (Å²) in [7, 11) is 0. The highest BCUT2D eigenvalue weighted by Gasteiger charge is 2.17. The van der Waals surface area contributed by atoms with Crippen molar-refractivity contribution in [3.8, 4) is 0 Å². The third-order valence-electron chi connectivity index (χ3n) is 3.51. The summed E-state index contributed by atoms with van der Waals surface area (Å²) in [6.45, 7) is 1.66. The molecule has 19 heavy (non-hydrogen) atoms. The van der Waals surface area contributed by atoms with Crippen LogP contribution in [-0.2, 0) is 4.74 Å². The third kappa shape index (κ3) is 2.85. The van der Waals surface area contributed by atoms with Gasteiger partial charge in [-0.2, -0.15) is 11.8 Å². The van der Waals surface area contributed by atoms with E-state index in [9.17, 15) is 4.79 Å². The summed E-state index contributed by atoms with van der Waals surface area (Å²) in [6, 6.07) is 7.94. The van der Waals surface area contributed by atoms with E-state index in [1.54, 1.807) is 11.8 Å². The molecule has 100 valence electrons. The molecule has 1 aromatic carbocycles. The Hall–Kier alpha value is -1.26. The van der Waals surface area contributed by atoms with Crippen molar-refractivity contribution >= 4 is 28.4 Å². The smallest absolute Gasteiger partial charge is 0.174 e. The Morgan fingerprint density at radius 1 is 1.32 bits per heavy atom. The van der Waals surface area contributed by atoms with Gasteiger partial charge in [0, 0.05) is 41.1 Å². The number of nitrogens with one attached hydrogen (secondary N) is 1. The van der Waals surface area contributed by atoms with Crippen molar-refractivity contribution < 1.29 is 9.53 Å². The molecule has 3 nitrogen and oxygen atoms in total. The number of benzene rings is 1. The van der Waals surface area contributed by atoms with Crippen LogP contribution < -0.4 is 0 Å². The minimum absolute atomic E-state index is 0.217. The van der Waals surface area contributed by atoms with E-state index in [2.05, 4.69) is 4.98 Å². The molecule has 1 fully saturated rings. The molecule has 0 unspecified atom stereocenters. The van der Waals surface area contributed by atoms with E-state index in [-0.39, 0.29) is 5.78 Å². The first-order valence-corrected chi connectivity index (χ1v) is 7.68. The van der Waals surface area contributed by atoms with Gasteiger partial charge in [0.1, 0.15) is 0 Å². The van der Waals surface area contributed by atoms with Gasteiger partial charge in [0.2, 0.25) is 0 Å². The van der Waals surface area contributed by atoms with Crippen LogP contribution in [0.3, 0.4) is 0 Å². The van der Waals surface area contributed by atoms with Crippen LogP contribution in [0.5, 0.6) is 0 Å². The van der Waals surface area contributed by atoms with Gasteiger partial charge in [-0.25, -0.2) is 0 Å². The summed E-state index contributed by atoms with van der Waals surface area (Å²) in [6.07, 6.45) is 3.95. The van der Waals surface area contributed by atoms with Gasteiger partial charge in [0.15, 0.2) is 5.78 Å². The van der Waals surface area contributed by atoms with Crippen molar-refractivity contribution in [1.82, 2.24) is 4.98 Å². The molecule has 1 aliphatic rings. The van der Waals surface area contributed by atoms with Gasteiger partial charge in [-0.05, 0) is 18.9 Å². The van der Waals surface area contributed by atoms with Crippen molar-refractivity contribution in [3.05, 3.63) is 36.0 Å². The fourth-order valence-electron chi connectivity index (χ4n) is 2.42. The molecule has 0 bridgehead atoms. The normalized spacial score (nSPS) is 16.8. The van der Waals surface area contributed by atoms with Gasteiger partial charge >= 0.3 is 0 Å². The van der Waals surface area contributed by atoms with Crippen molar-refractivity contribution in [2.75, 3.05) is 19.0 Å². The highest BCUT2D eigenvalue weighted by Crippen LogP contribution is 2.25. The van der Waals surface area contributed by atoms with Crippen molar-refractivity contribution in [2.45, 2.75) is 18.1 Å². The van der Waals surface area contributed by atoms with Gasteiger partial charge in [-0.1, -0.05) is 18.2 Å². The number of fused-ring (bicyclic) bond motifs is 1. The lowest BCUT2D eigenvalue weighted by Gasteiger charge is -2.20. The van der Waals surface area contributed by atoms with Crippen LogP contribution >= 0.6 is 11.8 Å². The molecule has 0 aliphatic carbocycles. The summed E-state index contributed by atoms with van der Waals surface area (Å²) in [5.41, 5.74) is 1.84. The van der Waals surface area contributed by atoms with Crippen LogP contribution in [0.25, 0.3) is 10.9 Å². The summed E-state index contributed by atoms with van der Waals surface area (Å²) >= 11 is 1.77. The third-order valence-corrected chi connectivity index (χ3v) is 4.88. The average Bonchev–Trinajstić information content (AvgIpc) is 2.90. The molecule has 1 aliphatic heterocycles.